The Morgan fingerprint density at radius 3 is 2.52 bits per heavy atom. The molecule has 2 atom stereocenters. The quantitative estimate of drug-likeness (QED) is 0.768. The fourth-order valence-corrected chi connectivity index (χ4v) is 3.00. The van der Waals surface area contributed by atoms with Crippen LogP contribution in [-0.4, -0.2) is 23.8 Å². The van der Waals surface area contributed by atoms with Gasteiger partial charge in [0, 0.05) is 17.0 Å². The summed E-state index contributed by atoms with van der Waals surface area (Å²) < 4.78 is 26.6. The van der Waals surface area contributed by atoms with E-state index in [1.165, 1.54) is 6.07 Å². The van der Waals surface area contributed by atoms with Crippen molar-refractivity contribution < 1.29 is 13.6 Å². The van der Waals surface area contributed by atoms with E-state index in [4.69, 9.17) is 0 Å². The number of carbonyl (C=O) groups is 1. The summed E-state index contributed by atoms with van der Waals surface area (Å²) in [6.07, 6.45) is 0. The molecular formula is C16H17F2NOS. The number of ketones is 1. The van der Waals surface area contributed by atoms with Crippen LogP contribution >= 0.6 is 11.3 Å². The van der Waals surface area contributed by atoms with Gasteiger partial charge in [-0.25, -0.2) is 8.78 Å². The Kier molecular flexibility index (Phi) is 4.85. The van der Waals surface area contributed by atoms with Crippen LogP contribution in [-0.2, 0) is 0 Å². The number of nitrogens with zero attached hydrogens (tertiary/aromatic N) is 1. The van der Waals surface area contributed by atoms with Crippen LogP contribution in [0, 0.1) is 11.6 Å². The number of hydrogen-bond acceptors (Lipinski definition) is 3. The second kappa shape index (κ2) is 6.45. The van der Waals surface area contributed by atoms with Crippen molar-refractivity contribution in [1.82, 2.24) is 4.90 Å². The van der Waals surface area contributed by atoms with Crippen LogP contribution in [0.3, 0.4) is 0 Å². The molecule has 2 nitrogen and oxygen atoms in total. The Morgan fingerprint density at radius 2 is 1.95 bits per heavy atom. The number of Topliss-reactive ketones (excluding diaryl/α,β-unsaturated/α-hetero) is 1. The number of carbonyl (C=O) groups excluding carboxylic acids is 1. The molecule has 0 bridgehead atoms. The maximum atomic E-state index is 13.7. The molecule has 0 radical (unpaired) electrons. The standard InChI is InChI=1S/C16H17F2NOS/c1-10(15-5-4-8-21-15)19(3)11(2)16(20)13-7-6-12(17)9-14(13)18/h4-11H,1-3H3. The Morgan fingerprint density at radius 1 is 1.24 bits per heavy atom. The monoisotopic (exact) mass is 309 g/mol. The third-order valence-corrected chi connectivity index (χ3v) is 4.80. The topological polar surface area (TPSA) is 20.3 Å². The van der Waals surface area contributed by atoms with E-state index in [0.717, 1.165) is 17.0 Å². The van der Waals surface area contributed by atoms with Crippen LogP contribution in [0.15, 0.2) is 35.7 Å². The van der Waals surface area contributed by atoms with Crippen molar-refractivity contribution in [1.29, 1.82) is 0 Å². The molecule has 0 saturated carbocycles. The molecule has 1 aromatic heterocycles. The van der Waals surface area contributed by atoms with Crippen LogP contribution in [0.4, 0.5) is 8.78 Å². The smallest absolute Gasteiger partial charge is 0.182 e. The zero-order valence-corrected chi connectivity index (χ0v) is 13.0. The molecule has 0 saturated heterocycles. The molecule has 0 aliphatic rings. The molecule has 0 N–H and O–H groups in total. The predicted octanol–water partition coefficient (Wildman–Crippen LogP) is 4.29. The minimum atomic E-state index is -0.816. The number of halogens is 2. The fourth-order valence-electron chi connectivity index (χ4n) is 2.16. The first-order chi connectivity index (χ1) is 9.91. The number of thiophene rings is 1. The summed E-state index contributed by atoms with van der Waals surface area (Å²) in [6, 6.07) is 6.55. The second-order valence-electron chi connectivity index (χ2n) is 5.02. The number of benzene rings is 1. The molecule has 1 aromatic carbocycles. The summed E-state index contributed by atoms with van der Waals surface area (Å²) in [6.45, 7) is 3.73. The van der Waals surface area contributed by atoms with Gasteiger partial charge in [0.25, 0.3) is 0 Å². The molecule has 2 unspecified atom stereocenters. The number of rotatable bonds is 5. The van der Waals surface area contributed by atoms with Gasteiger partial charge in [0.1, 0.15) is 11.6 Å². The maximum absolute atomic E-state index is 13.7. The predicted molar refractivity (Wildman–Crippen MR) is 80.6 cm³/mol. The van der Waals surface area contributed by atoms with E-state index < -0.39 is 17.7 Å². The third-order valence-electron chi connectivity index (χ3n) is 3.75. The van der Waals surface area contributed by atoms with Gasteiger partial charge in [-0.3, -0.25) is 9.69 Å². The van der Waals surface area contributed by atoms with Crippen LogP contribution < -0.4 is 0 Å². The molecule has 0 amide bonds. The van der Waals surface area contributed by atoms with E-state index in [2.05, 4.69) is 0 Å². The normalized spacial score (nSPS) is 14.2. The summed E-state index contributed by atoms with van der Waals surface area (Å²) in [5.41, 5.74) is -0.0749. The van der Waals surface area contributed by atoms with Gasteiger partial charge in [-0.1, -0.05) is 6.07 Å². The largest absolute Gasteiger partial charge is 0.292 e. The minimum Gasteiger partial charge on any atom is -0.292 e. The van der Waals surface area contributed by atoms with Crippen molar-refractivity contribution in [2.75, 3.05) is 7.05 Å². The van der Waals surface area contributed by atoms with Gasteiger partial charge in [0.2, 0.25) is 0 Å². The third kappa shape index (κ3) is 3.36. The molecule has 21 heavy (non-hydrogen) atoms. The highest BCUT2D eigenvalue weighted by Crippen LogP contribution is 2.26. The molecule has 2 rings (SSSR count). The summed E-state index contributed by atoms with van der Waals surface area (Å²) in [5, 5.41) is 1.98. The summed E-state index contributed by atoms with van der Waals surface area (Å²) >= 11 is 1.61. The first-order valence-corrected chi connectivity index (χ1v) is 7.54. The van der Waals surface area contributed by atoms with E-state index >= 15 is 0 Å². The van der Waals surface area contributed by atoms with Crippen molar-refractivity contribution >= 4 is 17.1 Å². The SMILES string of the molecule is CC(C(=O)c1ccc(F)cc1F)N(C)C(C)c1cccs1. The first-order valence-electron chi connectivity index (χ1n) is 6.66. The zero-order chi connectivity index (χ0) is 15.6. The van der Waals surface area contributed by atoms with Gasteiger partial charge in [0.05, 0.1) is 11.6 Å². The van der Waals surface area contributed by atoms with Crippen molar-refractivity contribution in [3.05, 3.63) is 57.8 Å². The highest BCUT2D eigenvalue weighted by molar-refractivity contribution is 7.10. The van der Waals surface area contributed by atoms with Gasteiger partial charge in [-0.15, -0.1) is 11.3 Å². The number of likely N-dealkylation sites (N-methyl/N-ethyl adjacent to an activating group) is 1. The van der Waals surface area contributed by atoms with Gasteiger partial charge >= 0.3 is 0 Å². The molecule has 0 spiro atoms. The van der Waals surface area contributed by atoms with Crippen molar-refractivity contribution in [3.63, 3.8) is 0 Å². The molecule has 0 aliphatic heterocycles. The van der Waals surface area contributed by atoms with E-state index in [0.29, 0.717) is 0 Å². The first kappa shape index (κ1) is 15.8. The van der Waals surface area contributed by atoms with E-state index in [-0.39, 0.29) is 17.4 Å². The van der Waals surface area contributed by atoms with Crippen molar-refractivity contribution in [2.24, 2.45) is 0 Å². The maximum Gasteiger partial charge on any atom is 0.182 e. The lowest BCUT2D eigenvalue weighted by molar-refractivity contribution is 0.0824. The summed E-state index contributed by atoms with van der Waals surface area (Å²) in [4.78, 5) is 15.4. The molecule has 0 fully saturated rings. The lowest BCUT2D eigenvalue weighted by atomic mass is 10.0. The second-order valence-corrected chi connectivity index (χ2v) is 6.00. The molecule has 1 heterocycles. The Hall–Kier alpha value is -1.59. The Bertz CT molecular complexity index is 627. The summed E-state index contributed by atoms with van der Waals surface area (Å²) in [7, 11) is 1.83. The lowest BCUT2D eigenvalue weighted by Gasteiger charge is -2.29. The van der Waals surface area contributed by atoms with Gasteiger partial charge in [-0.2, -0.15) is 0 Å². The zero-order valence-electron chi connectivity index (χ0n) is 12.1. The molecule has 0 aliphatic carbocycles. The Balaban J connectivity index is 2.18. The molecule has 2 aromatic rings. The van der Waals surface area contributed by atoms with Gasteiger partial charge < -0.3 is 0 Å². The van der Waals surface area contributed by atoms with Gasteiger partial charge in [-0.05, 0) is 44.5 Å². The van der Waals surface area contributed by atoms with Crippen molar-refractivity contribution in [3.8, 4) is 0 Å². The highest BCUT2D eigenvalue weighted by Gasteiger charge is 2.26. The average molecular weight is 309 g/mol. The van der Waals surface area contributed by atoms with E-state index in [9.17, 15) is 13.6 Å². The molecule has 5 heteroatoms. The van der Waals surface area contributed by atoms with E-state index in [1.807, 2.05) is 36.4 Å². The van der Waals surface area contributed by atoms with E-state index in [1.54, 1.807) is 18.3 Å². The van der Waals surface area contributed by atoms with Crippen LogP contribution in [0.1, 0.15) is 35.1 Å². The minimum absolute atomic E-state index is 0.0486. The van der Waals surface area contributed by atoms with Gasteiger partial charge in [0.15, 0.2) is 5.78 Å². The molecule has 112 valence electrons. The lowest BCUT2D eigenvalue weighted by Crippen LogP contribution is -2.38. The molecular weight excluding hydrogens is 292 g/mol. The Labute approximate surface area is 127 Å². The van der Waals surface area contributed by atoms with Crippen LogP contribution in [0.5, 0.6) is 0 Å². The van der Waals surface area contributed by atoms with Crippen molar-refractivity contribution in [2.45, 2.75) is 25.9 Å². The van der Waals surface area contributed by atoms with Crippen LogP contribution in [0.25, 0.3) is 0 Å². The number of hydrogen-bond donors (Lipinski definition) is 0. The fraction of sp³-hybridized carbons (Fsp3) is 0.312. The van der Waals surface area contributed by atoms with Crippen LogP contribution in [0.2, 0.25) is 0 Å². The summed E-state index contributed by atoms with van der Waals surface area (Å²) in [5.74, 6) is -1.85. The highest BCUT2D eigenvalue weighted by atomic mass is 32.1. The average Bonchev–Trinajstić information content (AvgIpc) is 2.98.